The summed E-state index contributed by atoms with van der Waals surface area (Å²) in [4.78, 5) is 29.4. The molecule has 0 bridgehead atoms. The second-order valence-electron chi connectivity index (χ2n) is 7.76. The van der Waals surface area contributed by atoms with Crippen LogP contribution in [0.4, 0.5) is 5.69 Å². The lowest BCUT2D eigenvalue weighted by Crippen LogP contribution is -2.52. The zero-order valence-corrected chi connectivity index (χ0v) is 18.8. The third kappa shape index (κ3) is 4.78. The second-order valence-corrected chi connectivity index (χ2v) is 8.20. The fraction of sp³-hybridized carbons (Fsp3) is 0.292. The van der Waals surface area contributed by atoms with Gasteiger partial charge < -0.3 is 14.5 Å². The van der Waals surface area contributed by atoms with E-state index in [9.17, 15) is 9.59 Å². The molecule has 0 spiro atoms. The number of nitrogens with zero attached hydrogens (tertiary/aromatic N) is 4. The molecule has 0 aliphatic carbocycles. The Balaban J connectivity index is 1.43. The van der Waals surface area contributed by atoms with Gasteiger partial charge >= 0.3 is 0 Å². The summed E-state index contributed by atoms with van der Waals surface area (Å²) in [6.45, 7) is 6.34. The number of carbonyl (C=O) groups is 1. The highest BCUT2D eigenvalue weighted by atomic mass is 35.5. The van der Waals surface area contributed by atoms with Crippen LogP contribution in [0.15, 0.2) is 65.5 Å². The first-order chi connectivity index (χ1) is 15.4. The third-order valence-corrected chi connectivity index (χ3v) is 5.77. The van der Waals surface area contributed by atoms with Crippen molar-refractivity contribution in [1.29, 1.82) is 0 Å². The van der Waals surface area contributed by atoms with E-state index in [1.54, 1.807) is 24.0 Å². The van der Waals surface area contributed by atoms with Gasteiger partial charge in [0.25, 0.3) is 11.5 Å². The van der Waals surface area contributed by atoms with E-state index in [1.807, 2.05) is 31.2 Å². The molecule has 2 heterocycles. The molecule has 1 aliphatic rings. The molecular formula is C24H25ClN4O3. The van der Waals surface area contributed by atoms with Gasteiger partial charge in [-0.3, -0.25) is 9.59 Å². The van der Waals surface area contributed by atoms with Crippen molar-refractivity contribution in [2.24, 2.45) is 0 Å². The molecule has 4 rings (SSSR count). The Hall–Kier alpha value is -3.32. The molecule has 1 aromatic heterocycles. The maximum Gasteiger partial charge on any atom is 0.271 e. The molecule has 0 N–H and O–H groups in total. The van der Waals surface area contributed by atoms with E-state index in [4.69, 9.17) is 16.3 Å². The maximum atomic E-state index is 12.9. The molecule has 1 unspecified atom stereocenters. The average Bonchev–Trinajstić information content (AvgIpc) is 2.82. The molecule has 1 atom stereocenters. The Morgan fingerprint density at radius 2 is 1.75 bits per heavy atom. The number of ether oxygens (including phenoxy) is 1. The molecule has 1 amide bonds. The highest BCUT2D eigenvalue weighted by Gasteiger charge is 2.26. The van der Waals surface area contributed by atoms with Crippen molar-refractivity contribution in [1.82, 2.24) is 14.7 Å². The van der Waals surface area contributed by atoms with E-state index in [-0.39, 0.29) is 17.3 Å². The number of rotatable bonds is 5. The number of hydrogen-bond acceptors (Lipinski definition) is 5. The number of benzene rings is 2. The van der Waals surface area contributed by atoms with Crippen molar-refractivity contribution in [3.05, 3.63) is 81.6 Å². The SMILES string of the molecule is Cc1ccc(Cl)cc1-n1nc(OC(C)C(=O)N2CCN(c3ccccc3)CC2)ccc1=O. The fourth-order valence-corrected chi connectivity index (χ4v) is 3.92. The van der Waals surface area contributed by atoms with E-state index in [0.717, 1.165) is 24.3 Å². The van der Waals surface area contributed by atoms with Crippen LogP contribution in [0, 0.1) is 6.92 Å². The molecule has 2 aromatic carbocycles. The number of amides is 1. The summed E-state index contributed by atoms with van der Waals surface area (Å²) >= 11 is 6.09. The quantitative estimate of drug-likeness (QED) is 0.594. The Labute approximate surface area is 191 Å². The van der Waals surface area contributed by atoms with Crippen LogP contribution >= 0.6 is 11.6 Å². The molecule has 3 aromatic rings. The van der Waals surface area contributed by atoms with Crippen LogP contribution < -0.4 is 15.2 Å². The first kappa shape index (κ1) is 21.9. The van der Waals surface area contributed by atoms with Crippen LogP contribution in [-0.4, -0.2) is 52.9 Å². The van der Waals surface area contributed by atoms with Crippen LogP contribution in [0.25, 0.3) is 5.69 Å². The number of hydrogen-bond donors (Lipinski definition) is 0. The maximum absolute atomic E-state index is 12.9. The predicted molar refractivity (Wildman–Crippen MR) is 125 cm³/mol. The van der Waals surface area contributed by atoms with Crippen LogP contribution in [0.2, 0.25) is 5.02 Å². The Morgan fingerprint density at radius 1 is 1.03 bits per heavy atom. The van der Waals surface area contributed by atoms with Gasteiger partial charge in [0.2, 0.25) is 5.88 Å². The number of anilines is 1. The van der Waals surface area contributed by atoms with Gasteiger partial charge in [0.15, 0.2) is 6.10 Å². The minimum absolute atomic E-state index is 0.101. The van der Waals surface area contributed by atoms with E-state index >= 15 is 0 Å². The normalized spacial score (nSPS) is 14.8. The first-order valence-electron chi connectivity index (χ1n) is 10.5. The van der Waals surface area contributed by atoms with Gasteiger partial charge in [0, 0.05) is 49.0 Å². The topological polar surface area (TPSA) is 67.7 Å². The highest BCUT2D eigenvalue weighted by molar-refractivity contribution is 6.30. The van der Waals surface area contributed by atoms with Crippen LogP contribution in [-0.2, 0) is 4.79 Å². The smallest absolute Gasteiger partial charge is 0.271 e. The fourth-order valence-electron chi connectivity index (χ4n) is 3.75. The van der Waals surface area contributed by atoms with Crippen LogP contribution in [0.3, 0.4) is 0 Å². The summed E-state index contributed by atoms with van der Waals surface area (Å²) in [6, 6.07) is 18.3. The molecule has 32 heavy (non-hydrogen) atoms. The predicted octanol–water partition coefficient (Wildman–Crippen LogP) is 3.31. The summed E-state index contributed by atoms with van der Waals surface area (Å²) in [6.07, 6.45) is -0.725. The van der Waals surface area contributed by atoms with Gasteiger partial charge in [0.1, 0.15) is 0 Å². The van der Waals surface area contributed by atoms with Gasteiger partial charge in [-0.15, -0.1) is 5.10 Å². The highest BCUT2D eigenvalue weighted by Crippen LogP contribution is 2.19. The van der Waals surface area contributed by atoms with Crippen LogP contribution in [0.1, 0.15) is 12.5 Å². The van der Waals surface area contributed by atoms with Crippen LogP contribution in [0.5, 0.6) is 5.88 Å². The van der Waals surface area contributed by atoms with E-state index in [0.29, 0.717) is 23.8 Å². The first-order valence-corrected chi connectivity index (χ1v) is 10.9. The van der Waals surface area contributed by atoms with Gasteiger partial charge in [-0.25, -0.2) is 0 Å². The number of para-hydroxylation sites is 1. The number of piperazine rings is 1. The molecule has 166 valence electrons. The molecule has 7 nitrogen and oxygen atoms in total. The molecule has 8 heteroatoms. The Bertz CT molecular complexity index is 1160. The van der Waals surface area contributed by atoms with E-state index in [2.05, 4.69) is 22.1 Å². The lowest BCUT2D eigenvalue weighted by molar-refractivity contribution is -0.138. The van der Waals surface area contributed by atoms with E-state index in [1.165, 1.54) is 16.8 Å². The van der Waals surface area contributed by atoms with Crippen molar-refractivity contribution < 1.29 is 9.53 Å². The van der Waals surface area contributed by atoms with Gasteiger partial charge in [-0.05, 0) is 43.7 Å². The average molecular weight is 453 g/mol. The molecule has 1 fully saturated rings. The molecular weight excluding hydrogens is 428 g/mol. The van der Waals surface area contributed by atoms with Gasteiger partial charge in [-0.1, -0.05) is 35.9 Å². The summed E-state index contributed by atoms with van der Waals surface area (Å²) in [5, 5.41) is 4.81. The Morgan fingerprint density at radius 3 is 2.47 bits per heavy atom. The molecule has 0 radical (unpaired) electrons. The lowest BCUT2D eigenvalue weighted by atomic mass is 10.2. The number of carbonyl (C=O) groups excluding carboxylic acids is 1. The third-order valence-electron chi connectivity index (χ3n) is 5.53. The summed E-state index contributed by atoms with van der Waals surface area (Å²) in [5.41, 5.74) is 2.27. The van der Waals surface area contributed by atoms with Crippen molar-refractivity contribution in [3.8, 4) is 11.6 Å². The zero-order chi connectivity index (χ0) is 22.7. The minimum Gasteiger partial charge on any atom is -0.463 e. The van der Waals surface area contributed by atoms with Crippen molar-refractivity contribution >= 4 is 23.2 Å². The summed E-state index contributed by atoms with van der Waals surface area (Å²) in [7, 11) is 0. The van der Waals surface area contributed by atoms with E-state index < -0.39 is 6.10 Å². The number of aromatic nitrogens is 2. The van der Waals surface area contributed by atoms with Gasteiger partial charge in [-0.2, -0.15) is 4.68 Å². The van der Waals surface area contributed by atoms with Crippen molar-refractivity contribution in [2.45, 2.75) is 20.0 Å². The summed E-state index contributed by atoms with van der Waals surface area (Å²) < 4.78 is 7.06. The molecule has 1 saturated heterocycles. The van der Waals surface area contributed by atoms with Crippen molar-refractivity contribution in [2.75, 3.05) is 31.1 Å². The number of halogens is 1. The molecule has 0 saturated carbocycles. The van der Waals surface area contributed by atoms with Crippen molar-refractivity contribution in [3.63, 3.8) is 0 Å². The lowest BCUT2D eigenvalue weighted by Gasteiger charge is -2.37. The minimum atomic E-state index is -0.725. The molecule has 1 aliphatic heterocycles. The number of aryl methyl sites for hydroxylation is 1. The summed E-state index contributed by atoms with van der Waals surface area (Å²) in [5.74, 6) is 0.101. The second kappa shape index (κ2) is 9.44. The standard InChI is InChI=1S/C24H25ClN4O3/c1-17-8-9-19(25)16-21(17)29-23(30)11-10-22(26-29)32-18(2)24(31)28-14-12-27(13-15-28)20-6-4-3-5-7-20/h3-11,16,18H,12-15H2,1-2H3. The largest absolute Gasteiger partial charge is 0.463 e. The zero-order valence-electron chi connectivity index (χ0n) is 18.1. The Kier molecular flexibility index (Phi) is 6.46. The monoisotopic (exact) mass is 452 g/mol. The van der Waals surface area contributed by atoms with Gasteiger partial charge in [0.05, 0.1) is 5.69 Å².